The van der Waals surface area contributed by atoms with Gasteiger partial charge in [-0.05, 0) is 32.0 Å². The molecule has 0 unspecified atom stereocenters. The van der Waals surface area contributed by atoms with E-state index in [1.165, 1.54) is 16.2 Å². The third-order valence-corrected chi connectivity index (χ3v) is 4.92. The van der Waals surface area contributed by atoms with Gasteiger partial charge >= 0.3 is 0 Å². The lowest BCUT2D eigenvalue weighted by atomic mass is 10.3. The lowest BCUT2D eigenvalue weighted by Crippen LogP contribution is -3.12. The van der Waals surface area contributed by atoms with Gasteiger partial charge in [0.15, 0.2) is 5.13 Å². The van der Waals surface area contributed by atoms with E-state index >= 15 is 0 Å². The Hall–Kier alpha value is -1.17. The summed E-state index contributed by atoms with van der Waals surface area (Å²) in [5.41, 5.74) is 0.890. The van der Waals surface area contributed by atoms with Crippen molar-refractivity contribution in [2.24, 2.45) is 0 Å². The Balaban J connectivity index is 2.21. The number of amides is 1. The number of thiazole rings is 1. The summed E-state index contributed by atoms with van der Waals surface area (Å²) >= 11 is 7.52. The molecule has 4 nitrogen and oxygen atoms in total. The zero-order chi connectivity index (χ0) is 15.4. The van der Waals surface area contributed by atoms with Crippen molar-refractivity contribution in [1.82, 2.24) is 4.98 Å². The Bertz CT molecular complexity index is 624. The van der Waals surface area contributed by atoms with Gasteiger partial charge in [-0.1, -0.05) is 22.9 Å². The van der Waals surface area contributed by atoms with Crippen molar-refractivity contribution in [1.29, 1.82) is 0 Å². The summed E-state index contributed by atoms with van der Waals surface area (Å²) in [6.07, 6.45) is 0. The van der Waals surface area contributed by atoms with Crippen LogP contribution in [0, 0.1) is 0 Å². The molecule has 0 saturated heterocycles. The van der Waals surface area contributed by atoms with Gasteiger partial charge in [0.05, 0.1) is 36.4 Å². The maximum absolute atomic E-state index is 11.9. The number of benzene rings is 1. The van der Waals surface area contributed by atoms with Gasteiger partial charge in [-0.3, -0.25) is 9.69 Å². The quantitative estimate of drug-likeness (QED) is 0.884. The average Bonchev–Trinajstić information content (AvgIpc) is 2.85. The lowest BCUT2D eigenvalue weighted by Gasteiger charge is -2.21. The molecule has 1 heterocycles. The summed E-state index contributed by atoms with van der Waals surface area (Å²) in [6.45, 7) is 9.68. The zero-order valence-corrected chi connectivity index (χ0v) is 14.2. The van der Waals surface area contributed by atoms with Crippen molar-refractivity contribution in [3.63, 3.8) is 0 Å². The molecule has 1 N–H and O–H groups in total. The number of aromatic nitrogens is 1. The number of nitrogens with one attached hydrogen (secondary N) is 1. The minimum Gasteiger partial charge on any atom is -0.334 e. The number of carbonyl (C=O) groups is 1. The predicted molar refractivity (Wildman–Crippen MR) is 89.6 cm³/mol. The molecule has 0 fully saturated rings. The Labute approximate surface area is 134 Å². The molecule has 0 radical (unpaired) electrons. The second-order valence-electron chi connectivity index (χ2n) is 4.99. The van der Waals surface area contributed by atoms with Gasteiger partial charge in [-0.2, -0.15) is 0 Å². The smallest absolute Gasteiger partial charge is 0.225 e. The molecule has 1 aromatic heterocycles. The van der Waals surface area contributed by atoms with Crippen LogP contribution < -0.4 is 9.80 Å². The van der Waals surface area contributed by atoms with Crippen molar-refractivity contribution >= 4 is 44.2 Å². The first kappa shape index (κ1) is 16.2. The lowest BCUT2D eigenvalue weighted by molar-refractivity contribution is -0.894. The van der Waals surface area contributed by atoms with E-state index in [0.29, 0.717) is 11.6 Å². The number of halogens is 1. The highest BCUT2D eigenvalue weighted by atomic mass is 35.5. The highest BCUT2D eigenvalue weighted by Gasteiger charge is 2.18. The summed E-state index contributed by atoms with van der Waals surface area (Å²) in [5, 5.41) is 1.45. The van der Waals surface area contributed by atoms with Gasteiger partial charge in [0.25, 0.3) is 0 Å². The molecule has 2 aromatic rings. The van der Waals surface area contributed by atoms with E-state index in [9.17, 15) is 4.79 Å². The third kappa shape index (κ3) is 3.93. The largest absolute Gasteiger partial charge is 0.334 e. The molecular weight excluding hydrogens is 306 g/mol. The van der Waals surface area contributed by atoms with Crippen molar-refractivity contribution in [2.75, 3.05) is 31.1 Å². The topological polar surface area (TPSA) is 37.6 Å². The van der Waals surface area contributed by atoms with Gasteiger partial charge in [0, 0.05) is 11.9 Å². The second kappa shape index (κ2) is 7.20. The molecule has 21 heavy (non-hydrogen) atoms. The van der Waals surface area contributed by atoms with Crippen molar-refractivity contribution in [3.8, 4) is 0 Å². The SMILES string of the molecule is CC[NH+](CC)CCN(C(C)=O)c1nc2ccc(Cl)cc2s1. The first-order valence-corrected chi connectivity index (χ1v) is 8.42. The van der Waals surface area contributed by atoms with Gasteiger partial charge in [-0.15, -0.1) is 0 Å². The molecule has 1 amide bonds. The number of fused-ring (bicyclic) bond motifs is 1. The Kier molecular flexibility index (Phi) is 5.56. The van der Waals surface area contributed by atoms with Crippen molar-refractivity contribution in [3.05, 3.63) is 23.2 Å². The monoisotopic (exact) mass is 326 g/mol. The van der Waals surface area contributed by atoms with E-state index in [2.05, 4.69) is 18.8 Å². The standard InChI is InChI=1S/C15H20ClN3OS/c1-4-18(5-2)8-9-19(11(3)20)15-17-13-7-6-12(16)10-14(13)21-15/h6-7,10H,4-5,8-9H2,1-3H3/p+1. The Morgan fingerprint density at radius 1 is 1.38 bits per heavy atom. The van der Waals surface area contributed by atoms with Crippen LogP contribution in [0.4, 0.5) is 5.13 Å². The van der Waals surface area contributed by atoms with Crippen LogP contribution in [0.1, 0.15) is 20.8 Å². The highest BCUT2D eigenvalue weighted by molar-refractivity contribution is 7.22. The van der Waals surface area contributed by atoms with Crippen LogP contribution in [0.5, 0.6) is 0 Å². The summed E-state index contributed by atoms with van der Waals surface area (Å²) in [4.78, 5) is 19.7. The number of hydrogen-bond donors (Lipinski definition) is 1. The van der Waals surface area contributed by atoms with Crippen LogP contribution >= 0.6 is 22.9 Å². The second-order valence-corrected chi connectivity index (χ2v) is 6.43. The fraction of sp³-hybridized carbons (Fsp3) is 0.467. The zero-order valence-electron chi connectivity index (χ0n) is 12.6. The molecule has 0 saturated carbocycles. The summed E-state index contributed by atoms with van der Waals surface area (Å²) in [6, 6.07) is 5.61. The minimum atomic E-state index is 0.0340. The number of rotatable bonds is 6. The molecule has 0 bridgehead atoms. The van der Waals surface area contributed by atoms with Crippen molar-refractivity contribution in [2.45, 2.75) is 20.8 Å². The first-order valence-electron chi connectivity index (χ1n) is 7.22. The van der Waals surface area contributed by atoms with E-state index in [0.717, 1.165) is 35.0 Å². The molecule has 0 aliphatic rings. The van der Waals surface area contributed by atoms with E-state index < -0.39 is 0 Å². The summed E-state index contributed by atoms with van der Waals surface area (Å²) < 4.78 is 1.01. The Morgan fingerprint density at radius 3 is 2.71 bits per heavy atom. The maximum Gasteiger partial charge on any atom is 0.225 e. The molecular formula is C15H21ClN3OS+. The first-order chi connectivity index (χ1) is 10.0. The number of likely N-dealkylation sites (N-methyl/N-ethyl adjacent to an activating group) is 1. The van der Waals surface area contributed by atoms with E-state index in [-0.39, 0.29) is 5.91 Å². The van der Waals surface area contributed by atoms with E-state index in [4.69, 9.17) is 11.6 Å². The molecule has 6 heteroatoms. The predicted octanol–water partition coefficient (Wildman–Crippen LogP) is 2.23. The Morgan fingerprint density at radius 2 is 2.10 bits per heavy atom. The molecule has 0 aliphatic carbocycles. The number of nitrogens with zero attached hydrogens (tertiary/aromatic N) is 2. The number of anilines is 1. The number of carbonyl (C=O) groups excluding carboxylic acids is 1. The third-order valence-electron chi connectivity index (χ3n) is 3.64. The molecule has 0 spiro atoms. The maximum atomic E-state index is 11.9. The van der Waals surface area contributed by atoms with Crippen LogP contribution in [-0.4, -0.2) is 37.1 Å². The molecule has 1 aromatic carbocycles. The van der Waals surface area contributed by atoms with Crippen LogP contribution in [-0.2, 0) is 4.79 Å². The minimum absolute atomic E-state index is 0.0340. The van der Waals surface area contributed by atoms with Crippen LogP contribution in [0.25, 0.3) is 10.2 Å². The molecule has 0 atom stereocenters. The van der Waals surface area contributed by atoms with Gasteiger partial charge in [0.2, 0.25) is 5.91 Å². The van der Waals surface area contributed by atoms with Crippen LogP contribution in [0.2, 0.25) is 5.02 Å². The molecule has 114 valence electrons. The van der Waals surface area contributed by atoms with E-state index in [1.807, 2.05) is 18.2 Å². The summed E-state index contributed by atoms with van der Waals surface area (Å²) in [7, 11) is 0. The molecule has 0 aliphatic heterocycles. The van der Waals surface area contributed by atoms with Crippen molar-refractivity contribution < 1.29 is 9.69 Å². The number of quaternary nitrogens is 1. The highest BCUT2D eigenvalue weighted by Crippen LogP contribution is 2.30. The van der Waals surface area contributed by atoms with Gasteiger partial charge in [-0.25, -0.2) is 4.98 Å². The average molecular weight is 327 g/mol. The fourth-order valence-corrected chi connectivity index (χ4v) is 3.57. The molecule has 2 rings (SSSR count). The van der Waals surface area contributed by atoms with Gasteiger partial charge < -0.3 is 4.90 Å². The summed E-state index contributed by atoms with van der Waals surface area (Å²) in [5.74, 6) is 0.0340. The van der Waals surface area contributed by atoms with E-state index in [1.54, 1.807) is 11.8 Å². The van der Waals surface area contributed by atoms with Gasteiger partial charge in [0.1, 0.15) is 0 Å². The van der Waals surface area contributed by atoms with Crippen LogP contribution in [0.15, 0.2) is 18.2 Å². The van der Waals surface area contributed by atoms with Crippen LogP contribution in [0.3, 0.4) is 0 Å². The normalized spacial score (nSPS) is 11.3. The number of hydrogen-bond acceptors (Lipinski definition) is 3. The fourth-order valence-electron chi connectivity index (χ4n) is 2.26.